The lowest BCUT2D eigenvalue weighted by Crippen LogP contribution is -2.27. The lowest BCUT2D eigenvalue weighted by atomic mass is 10.0. The molecule has 1 saturated heterocycles. The van der Waals surface area contributed by atoms with E-state index in [2.05, 4.69) is 31.9 Å². The van der Waals surface area contributed by atoms with Crippen molar-refractivity contribution in [2.75, 3.05) is 13.1 Å². The third-order valence-electron chi connectivity index (χ3n) is 1.67. The van der Waals surface area contributed by atoms with Gasteiger partial charge < -0.3 is 4.81 Å². The standard InChI is InChI=1S/C6H8BBr2N/c7-10-3-1-5(2-4-10)6(8)9/h1-4H2. The molecular formula is C6H8BBr2N. The molecule has 0 aromatic heterocycles. The Morgan fingerprint density at radius 1 is 1.30 bits per heavy atom. The average molecular weight is 265 g/mol. The van der Waals surface area contributed by atoms with Gasteiger partial charge in [0.1, 0.15) is 0 Å². The number of rotatable bonds is 0. The fourth-order valence-electron chi connectivity index (χ4n) is 0.983. The lowest BCUT2D eigenvalue weighted by Gasteiger charge is -2.24. The Hall–Kier alpha value is 0.725. The predicted octanol–water partition coefficient (Wildman–Crippen LogP) is 2.17. The molecule has 0 atom stereocenters. The van der Waals surface area contributed by atoms with Crippen molar-refractivity contribution in [3.05, 3.63) is 8.96 Å². The van der Waals surface area contributed by atoms with E-state index in [1.165, 1.54) is 5.57 Å². The number of halogens is 2. The molecule has 0 aromatic carbocycles. The first-order valence-corrected chi connectivity index (χ1v) is 4.81. The van der Waals surface area contributed by atoms with Crippen LogP contribution < -0.4 is 0 Å². The molecule has 0 N–H and O–H groups in total. The summed E-state index contributed by atoms with van der Waals surface area (Å²) in [7, 11) is 5.58. The number of hydrogen-bond acceptors (Lipinski definition) is 1. The molecule has 1 fully saturated rings. The maximum absolute atomic E-state index is 5.58. The zero-order valence-corrected chi connectivity index (χ0v) is 8.78. The van der Waals surface area contributed by atoms with E-state index in [1.54, 1.807) is 0 Å². The number of nitrogens with zero attached hydrogens (tertiary/aromatic N) is 1. The molecule has 0 saturated carbocycles. The fraction of sp³-hybridized carbons (Fsp3) is 0.667. The summed E-state index contributed by atoms with van der Waals surface area (Å²) in [6, 6.07) is 0. The minimum absolute atomic E-state index is 0.968. The maximum atomic E-state index is 5.58. The first-order chi connectivity index (χ1) is 4.70. The van der Waals surface area contributed by atoms with E-state index in [0.29, 0.717) is 0 Å². The van der Waals surface area contributed by atoms with E-state index >= 15 is 0 Å². The molecular weight excluding hydrogens is 257 g/mol. The Morgan fingerprint density at radius 3 is 2.20 bits per heavy atom. The lowest BCUT2D eigenvalue weighted by molar-refractivity contribution is 0.419. The molecule has 1 nitrogen and oxygen atoms in total. The molecule has 1 aliphatic heterocycles. The fourth-order valence-corrected chi connectivity index (χ4v) is 1.78. The van der Waals surface area contributed by atoms with Crippen LogP contribution in [0, 0.1) is 0 Å². The van der Waals surface area contributed by atoms with Crippen molar-refractivity contribution in [1.29, 1.82) is 0 Å². The maximum Gasteiger partial charge on any atom is 0.182 e. The topological polar surface area (TPSA) is 3.24 Å². The van der Waals surface area contributed by atoms with Gasteiger partial charge in [0.15, 0.2) is 7.98 Å². The third kappa shape index (κ3) is 2.40. The summed E-state index contributed by atoms with van der Waals surface area (Å²) in [6.45, 7) is 1.94. The molecule has 1 rings (SSSR count). The van der Waals surface area contributed by atoms with Gasteiger partial charge in [0.25, 0.3) is 0 Å². The Bertz CT molecular complexity index is 144. The van der Waals surface area contributed by atoms with Crippen molar-refractivity contribution in [3.8, 4) is 0 Å². The molecule has 0 aromatic rings. The van der Waals surface area contributed by atoms with Gasteiger partial charge in [-0.1, -0.05) is 0 Å². The number of hydrogen-bond donors (Lipinski definition) is 0. The molecule has 0 unspecified atom stereocenters. The van der Waals surface area contributed by atoms with E-state index in [1.807, 2.05) is 4.81 Å². The highest BCUT2D eigenvalue weighted by Crippen LogP contribution is 2.26. The van der Waals surface area contributed by atoms with Crippen molar-refractivity contribution >= 4 is 39.8 Å². The van der Waals surface area contributed by atoms with E-state index in [4.69, 9.17) is 7.98 Å². The second kappa shape index (κ2) is 3.93. The third-order valence-corrected chi connectivity index (χ3v) is 2.79. The molecule has 54 valence electrons. The van der Waals surface area contributed by atoms with Crippen molar-refractivity contribution < 1.29 is 0 Å². The van der Waals surface area contributed by atoms with Gasteiger partial charge in [-0.2, -0.15) is 0 Å². The summed E-state index contributed by atoms with van der Waals surface area (Å²) in [6.07, 6.45) is 2.14. The van der Waals surface area contributed by atoms with Crippen LogP contribution in [-0.2, 0) is 0 Å². The summed E-state index contributed by atoms with van der Waals surface area (Å²) < 4.78 is 1.10. The van der Waals surface area contributed by atoms with E-state index < -0.39 is 0 Å². The SMILES string of the molecule is [B]N1CCC(=C(Br)Br)CC1. The van der Waals surface area contributed by atoms with Crippen molar-refractivity contribution in [3.63, 3.8) is 0 Å². The smallest absolute Gasteiger partial charge is 0.182 e. The minimum atomic E-state index is 0.968. The van der Waals surface area contributed by atoms with Crippen LogP contribution in [0.25, 0.3) is 0 Å². The summed E-state index contributed by atoms with van der Waals surface area (Å²) in [5.74, 6) is 0. The molecule has 10 heavy (non-hydrogen) atoms. The van der Waals surface area contributed by atoms with Crippen LogP contribution in [0.3, 0.4) is 0 Å². The van der Waals surface area contributed by atoms with Crippen LogP contribution in [0.1, 0.15) is 12.8 Å². The highest BCUT2D eigenvalue weighted by molar-refractivity contribution is 9.28. The zero-order valence-electron chi connectivity index (χ0n) is 5.61. The van der Waals surface area contributed by atoms with Crippen LogP contribution in [-0.4, -0.2) is 25.9 Å². The first kappa shape index (κ1) is 8.82. The highest BCUT2D eigenvalue weighted by atomic mass is 79.9. The van der Waals surface area contributed by atoms with Gasteiger partial charge in [-0.25, -0.2) is 0 Å². The van der Waals surface area contributed by atoms with Gasteiger partial charge in [0, 0.05) is 0 Å². The molecule has 4 heteroatoms. The Balaban J connectivity index is 2.48. The zero-order chi connectivity index (χ0) is 7.56. The molecule has 0 spiro atoms. The molecule has 2 radical (unpaired) electrons. The van der Waals surface area contributed by atoms with Crippen LogP contribution in [0.4, 0.5) is 0 Å². The van der Waals surface area contributed by atoms with Gasteiger partial charge in [-0.3, -0.25) is 0 Å². The van der Waals surface area contributed by atoms with Gasteiger partial charge >= 0.3 is 0 Å². The normalized spacial score (nSPS) is 21.2. The largest absolute Gasteiger partial charge is 0.353 e. The molecule has 0 amide bonds. The van der Waals surface area contributed by atoms with Gasteiger partial charge in [-0.05, 0) is 63.4 Å². The van der Waals surface area contributed by atoms with Crippen molar-refractivity contribution in [1.82, 2.24) is 4.81 Å². The predicted molar refractivity (Wildman–Crippen MR) is 51.4 cm³/mol. The molecule has 1 aliphatic rings. The number of piperidine rings is 1. The second-order valence-electron chi connectivity index (χ2n) is 2.40. The monoisotopic (exact) mass is 263 g/mol. The molecule has 0 aliphatic carbocycles. The van der Waals surface area contributed by atoms with Gasteiger partial charge in [0.05, 0.1) is 3.39 Å². The van der Waals surface area contributed by atoms with Crippen LogP contribution in [0.5, 0.6) is 0 Å². The van der Waals surface area contributed by atoms with E-state index in [9.17, 15) is 0 Å². The van der Waals surface area contributed by atoms with E-state index in [-0.39, 0.29) is 0 Å². The highest BCUT2D eigenvalue weighted by Gasteiger charge is 2.10. The summed E-state index contributed by atoms with van der Waals surface area (Å²) in [5.41, 5.74) is 1.43. The quantitative estimate of drug-likeness (QED) is 0.606. The van der Waals surface area contributed by atoms with Crippen LogP contribution in [0.15, 0.2) is 8.96 Å². The minimum Gasteiger partial charge on any atom is -0.353 e. The Kier molecular flexibility index (Phi) is 3.47. The average Bonchev–Trinajstić information content (AvgIpc) is 1.88. The van der Waals surface area contributed by atoms with Gasteiger partial charge in [-0.15, -0.1) is 0 Å². The van der Waals surface area contributed by atoms with E-state index in [0.717, 1.165) is 29.3 Å². The Labute approximate surface area is 79.5 Å². The summed E-state index contributed by atoms with van der Waals surface area (Å²) in [5, 5.41) is 0. The van der Waals surface area contributed by atoms with Gasteiger partial charge in [0.2, 0.25) is 0 Å². The van der Waals surface area contributed by atoms with Crippen LogP contribution in [0.2, 0.25) is 0 Å². The summed E-state index contributed by atoms with van der Waals surface area (Å²) >= 11 is 6.79. The summed E-state index contributed by atoms with van der Waals surface area (Å²) in [4.78, 5) is 1.85. The molecule has 0 bridgehead atoms. The van der Waals surface area contributed by atoms with Crippen LogP contribution >= 0.6 is 31.9 Å². The van der Waals surface area contributed by atoms with Crippen molar-refractivity contribution in [2.24, 2.45) is 0 Å². The first-order valence-electron chi connectivity index (χ1n) is 3.23. The molecule has 1 heterocycles. The second-order valence-corrected chi connectivity index (χ2v) is 5.05. The van der Waals surface area contributed by atoms with Crippen molar-refractivity contribution in [2.45, 2.75) is 12.8 Å². The Morgan fingerprint density at radius 2 is 1.80 bits per heavy atom.